The van der Waals surface area contributed by atoms with E-state index in [1.54, 1.807) is 0 Å². The van der Waals surface area contributed by atoms with E-state index in [1.165, 1.54) is 5.56 Å². The van der Waals surface area contributed by atoms with Crippen LogP contribution in [0.1, 0.15) is 24.9 Å². The Bertz CT molecular complexity index is 458. The largest absolute Gasteiger partial charge is 0.355 e. The van der Waals surface area contributed by atoms with E-state index in [1.807, 2.05) is 25.1 Å². The quantitative estimate of drug-likeness (QED) is 0.798. The fraction of sp³-hybridized carbons (Fsp3) is 0.400. The van der Waals surface area contributed by atoms with Gasteiger partial charge in [0, 0.05) is 25.6 Å². The third-order valence-electron chi connectivity index (χ3n) is 3.18. The van der Waals surface area contributed by atoms with Crippen LogP contribution in [0.15, 0.2) is 30.3 Å². The summed E-state index contributed by atoms with van der Waals surface area (Å²) in [6, 6.07) is 10.3. The van der Waals surface area contributed by atoms with Gasteiger partial charge in [0.2, 0.25) is 5.91 Å². The van der Waals surface area contributed by atoms with Crippen LogP contribution < -0.4 is 5.32 Å². The molecule has 0 bridgehead atoms. The van der Waals surface area contributed by atoms with Gasteiger partial charge in [-0.1, -0.05) is 36.3 Å². The fourth-order valence-electron chi connectivity index (χ4n) is 2.25. The van der Waals surface area contributed by atoms with E-state index in [9.17, 15) is 4.79 Å². The number of hydrogen-bond donors (Lipinski definition) is 1. The van der Waals surface area contributed by atoms with Gasteiger partial charge in [-0.15, -0.1) is 5.92 Å². The van der Waals surface area contributed by atoms with Crippen molar-refractivity contribution >= 4 is 5.91 Å². The molecule has 1 N–H and O–H groups in total. The molecule has 2 rings (SSSR count). The minimum Gasteiger partial charge on any atom is -0.355 e. The molecule has 3 nitrogen and oxygen atoms in total. The highest BCUT2D eigenvalue weighted by Gasteiger charge is 2.25. The summed E-state index contributed by atoms with van der Waals surface area (Å²) in [6.45, 7) is 4.11. The Balaban J connectivity index is 2.23. The van der Waals surface area contributed by atoms with Gasteiger partial charge >= 0.3 is 0 Å². The SMILES string of the molecule is CC#CCN1CCNC(=O)C[C@H]1c1ccccc1. The van der Waals surface area contributed by atoms with Crippen LogP contribution >= 0.6 is 0 Å². The summed E-state index contributed by atoms with van der Waals surface area (Å²) < 4.78 is 0. The molecular formula is C15H18N2O. The molecule has 1 aliphatic rings. The second-order valence-electron chi connectivity index (χ2n) is 4.38. The standard InChI is InChI=1S/C15H18N2O/c1-2-3-10-17-11-9-16-15(18)12-14(17)13-7-5-4-6-8-13/h4-8,14H,9-12H2,1H3,(H,16,18)/t14-/m0/s1. The molecule has 0 unspecified atom stereocenters. The molecule has 18 heavy (non-hydrogen) atoms. The molecule has 1 heterocycles. The van der Waals surface area contributed by atoms with Gasteiger partial charge in [-0.3, -0.25) is 9.69 Å². The highest BCUT2D eigenvalue weighted by atomic mass is 16.1. The summed E-state index contributed by atoms with van der Waals surface area (Å²) in [5.41, 5.74) is 1.19. The van der Waals surface area contributed by atoms with Gasteiger partial charge in [0.25, 0.3) is 0 Å². The summed E-state index contributed by atoms with van der Waals surface area (Å²) >= 11 is 0. The molecule has 1 aliphatic heterocycles. The number of carbonyl (C=O) groups excluding carboxylic acids is 1. The highest BCUT2D eigenvalue weighted by molar-refractivity contribution is 5.77. The Morgan fingerprint density at radius 2 is 2.17 bits per heavy atom. The summed E-state index contributed by atoms with van der Waals surface area (Å²) in [4.78, 5) is 14.0. The van der Waals surface area contributed by atoms with E-state index >= 15 is 0 Å². The van der Waals surface area contributed by atoms with Crippen LogP contribution in [0.3, 0.4) is 0 Å². The van der Waals surface area contributed by atoms with Crippen molar-refractivity contribution in [2.75, 3.05) is 19.6 Å². The van der Waals surface area contributed by atoms with Crippen molar-refractivity contribution in [2.24, 2.45) is 0 Å². The average Bonchev–Trinajstić information content (AvgIpc) is 2.59. The van der Waals surface area contributed by atoms with Crippen LogP contribution in [-0.2, 0) is 4.79 Å². The lowest BCUT2D eigenvalue weighted by Gasteiger charge is -2.27. The Hall–Kier alpha value is -1.79. The summed E-state index contributed by atoms with van der Waals surface area (Å²) in [5.74, 6) is 6.14. The summed E-state index contributed by atoms with van der Waals surface area (Å²) in [7, 11) is 0. The predicted octanol–water partition coefficient (Wildman–Crippen LogP) is 1.57. The number of carbonyl (C=O) groups is 1. The molecule has 0 aromatic heterocycles. The third kappa shape index (κ3) is 3.12. The van der Waals surface area contributed by atoms with Gasteiger partial charge in [0.05, 0.1) is 6.54 Å². The van der Waals surface area contributed by atoms with Crippen LogP contribution in [-0.4, -0.2) is 30.4 Å². The Morgan fingerprint density at radius 3 is 2.89 bits per heavy atom. The molecule has 1 fully saturated rings. The van der Waals surface area contributed by atoms with Gasteiger partial charge in [-0.25, -0.2) is 0 Å². The first-order valence-electron chi connectivity index (χ1n) is 6.26. The summed E-state index contributed by atoms with van der Waals surface area (Å²) in [5, 5.41) is 2.92. The molecule has 0 saturated carbocycles. The van der Waals surface area contributed by atoms with Crippen LogP contribution in [0, 0.1) is 11.8 Å². The lowest BCUT2D eigenvalue weighted by Crippen LogP contribution is -2.31. The minimum atomic E-state index is 0.121. The van der Waals surface area contributed by atoms with E-state index < -0.39 is 0 Å². The van der Waals surface area contributed by atoms with E-state index in [4.69, 9.17) is 0 Å². The van der Waals surface area contributed by atoms with Crippen LogP contribution in [0.5, 0.6) is 0 Å². The van der Waals surface area contributed by atoms with Crippen LogP contribution in [0.25, 0.3) is 0 Å². The van der Waals surface area contributed by atoms with Crippen molar-refractivity contribution in [3.8, 4) is 11.8 Å². The number of nitrogens with one attached hydrogen (secondary N) is 1. The first-order chi connectivity index (χ1) is 8.81. The molecule has 1 aromatic carbocycles. The van der Waals surface area contributed by atoms with Gasteiger partial charge in [-0.2, -0.15) is 0 Å². The number of hydrogen-bond acceptors (Lipinski definition) is 2. The Kier molecular flexibility index (Phi) is 4.38. The zero-order valence-electron chi connectivity index (χ0n) is 10.6. The maximum atomic E-state index is 11.7. The maximum Gasteiger partial charge on any atom is 0.221 e. The number of benzene rings is 1. The lowest BCUT2D eigenvalue weighted by molar-refractivity contribution is -0.121. The molecule has 0 aliphatic carbocycles. The minimum absolute atomic E-state index is 0.121. The second-order valence-corrected chi connectivity index (χ2v) is 4.38. The predicted molar refractivity (Wildman–Crippen MR) is 71.8 cm³/mol. The zero-order chi connectivity index (χ0) is 12.8. The Labute approximate surface area is 108 Å². The van der Waals surface area contributed by atoms with Crippen molar-refractivity contribution in [3.63, 3.8) is 0 Å². The van der Waals surface area contributed by atoms with Crippen molar-refractivity contribution in [3.05, 3.63) is 35.9 Å². The van der Waals surface area contributed by atoms with Gasteiger partial charge in [-0.05, 0) is 12.5 Å². The molecule has 0 radical (unpaired) electrons. The molecule has 0 spiro atoms. The monoisotopic (exact) mass is 242 g/mol. The van der Waals surface area contributed by atoms with E-state index in [-0.39, 0.29) is 11.9 Å². The lowest BCUT2D eigenvalue weighted by atomic mass is 10.0. The van der Waals surface area contributed by atoms with Crippen molar-refractivity contribution in [1.82, 2.24) is 10.2 Å². The number of amides is 1. The van der Waals surface area contributed by atoms with E-state index in [0.29, 0.717) is 19.5 Å². The molecule has 1 saturated heterocycles. The maximum absolute atomic E-state index is 11.7. The molecular weight excluding hydrogens is 224 g/mol. The van der Waals surface area contributed by atoms with Crippen molar-refractivity contribution in [1.29, 1.82) is 0 Å². The number of rotatable bonds is 2. The molecule has 1 aromatic rings. The first-order valence-corrected chi connectivity index (χ1v) is 6.26. The van der Waals surface area contributed by atoms with Crippen LogP contribution in [0.2, 0.25) is 0 Å². The smallest absolute Gasteiger partial charge is 0.221 e. The van der Waals surface area contributed by atoms with Crippen LogP contribution in [0.4, 0.5) is 0 Å². The van der Waals surface area contributed by atoms with E-state index in [2.05, 4.69) is 34.2 Å². The zero-order valence-corrected chi connectivity index (χ0v) is 10.6. The molecule has 1 amide bonds. The van der Waals surface area contributed by atoms with E-state index in [0.717, 1.165) is 6.54 Å². The van der Waals surface area contributed by atoms with Crippen molar-refractivity contribution < 1.29 is 4.79 Å². The van der Waals surface area contributed by atoms with Gasteiger partial charge in [0.1, 0.15) is 0 Å². The average molecular weight is 242 g/mol. The first kappa shape index (κ1) is 12.7. The molecule has 1 atom stereocenters. The topological polar surface area (TPSA) is 32.3 Å². The highest BCUT2D eigenvalue weighted by Crippen LogP contribution is 2.24. The molecule has 3 heteroatoms. The number of nitrogens with zero attached hydrogens (tertiary/aromatic N) is 1. The second kappa shape index (κ2) is 6.23. The summed E-state index contributed by atoms with van der Waals surface area (Å²) in [6.07, 6.45) is 0.509. The van der Waals surface area contributed by atoms with Crippen molar-refractivity contribution in [2.45, 2.75) is 19.4 Å². The van der Waals surface area contributed by atoms with Gasteiger partial charge in [0.15, 0.2) is 0 Å². The molecule has 94 valence electrons. The fourth-order valence-corrected chi connectivity index (χ4v) is 2.25. The third-order valence-corrected chi connectivity index (χ3v) is 3.18. The van der Waals surface area contributed by atoms with Gasteiger partial charge < -0.3 is 5.32 Å². The normalized spacial score (nSPS) is 20.5. The Morgan fingerprint density at radius 1 is 1.39 bits per heavy atom.